The van der Waals surface area contributed by atoms with E-state index >= 15 is 0 Å². The molecule has 4 heteroatoms. The molecule has 126 valence electrons. The van der Waals surface area contributed by atoms with E-state index in [4.69, 9.17) is 10.5 Å². The zero-order chi connectivity index (χ0) is 17.0. The number of benzene rings is 2. The number of para-hydroxylation sites is 1. The van der Waals surface area contributed by atoms with Crippen molar-refractivity contribution >= 4 is 5.91 Å². The van der Waals surface area contributed by atoms with Crippen LogP contribution in [0.2, 0.25) is 0 Å². The summed E-state index contributed by atoms with van der Waals surface area (Å²) in [6.07, 6.45) is 3.75. The lowest BCUT2D eigenvalue weighted by atomic mass is 9.92. The smallest absolute Gasteiger partial charge is 0.244 e. The molecule has 1 aliphatic rings. The Morgan fingerprint density at radius 1 is 1.17 bits per heavy atom. The fourth-order valence-electron chi connectivity index (χ4n) is 2.71. The first-order chi connectivity index (χ1) is 11.6. The normalized spacial score (nSPS) is 16.8. The summed E-state index contributed by atoms with van der Waals surface area (Å²) in [5, 5.41) is 2.94. The summed E-state index contributed by atoms with van der Waals surface area (Å²) in [6, 6.07) is 17.3. The topological polar surface area (TPSA) is 64.4 Å². The minimum Gasteiger partial charge on any atom is -0.490 e. The molecule has 2 aromatic carbocycles. The van der Waals surface area contributed by atoms with Gasteiger partial charge in [0.2, 0.25) is 5.91 Å². The fraction of sp³-hybridized carbons (Fsp3) is 0.350. The Hall–Kier alpha value is -2.33. The third-order valence-corrected chi connectivity index (χ3v) is 4.60. The molecular weight excluding hydrogens is 300 g/mol. The van der Waals surface area contributed by atoms with Gasteiger partial charge < -0.3 is 15.8 Å². The molecule has 4 nitrogen and oxygen atoms in total. The molecule has 0 radical (unpaired) electrons. The number of hydrogen-bond donors (Lipinski definition) is 2. The van der Waals surface area contributed by atoms with Gasteiger partial charge in [-0.3, -0.25) is 4.79 Å². The average Bonchev–Trinajstić information content (AvgIpc) is 2.57. The van der Waals surface area contributed by atoms with E-state index in [0.29, 0.717) is 12.6 Å². The van der Waals surface area contributed by atoms with E-state index in [1.807, 2.05) is 54.6 Å². The lowest BCUT2D eigenvalue weighted by molar-refractivity contribution is -0.126. The van der Waals surface area contributed by atoms with Gasteiger partial charge in [-0.25, -0.2) is 0 Å². The zero-order valence-corrected chi connectivity index (χ0v) is 14.0. The summed E-state index contributed by atoms with van der Waals surface area (Å²) in [6.45, 7) is 2.13. The summed E-state index contributed by atoms with van der Waals surface area (Å²) in [5.74, 6) is 0.646. The summed E-state index contributed by atoms with van der Waals surface area (Å²) in [4.78, 5) is 12.6. The van der Waals surface area contributed by atoms with Crippen molar-refractivity contribution in [2.24, 2.45) is 5.73 Å². The lowest BCUT2D eigenvalue weighted by Crippen LogP contribution is -2.48. The van der Waals surface area contributed by atoms with Crippen molar-refractivity contribution in [3.8, 4) is 5.75 Å². The number of amides is 1. The van der Waals surface area contributed by atoms with Gasteiger partial charge in [-0.2, -0.15) is 0 Å². The molecule has 1 fully saturated rings. The van der Waals surface area contributed by atoms with Crippen LogP contribution < -0.4 is 15.8 Å². The van der Waals surface area contributed by atoms with E-state index in [1.165, 1.54) is 6.42 Å². The van der Waals surface area contributed by atoms with Crippen LogP contribution in [0.5, 0.6) is 5.75 Å². The van der Waals surface area contributed by atoms with Crippen LogP contribution in [0.25, 0.3) is 0 Å². The van der Waals surface area contributed by atoms with Gasteiger partial charge in [-0.1, -0.05) is 48.5 Å². The first kappa shape index (κ1) is 16.5. The summed E-state index contributed by atoms with van der Waals surface area (Å²) < 4.78 is 6.00. The van der Waals surface area contributed by atoms with Gasteiger partial charge in [0.05, 0.1) is 6.10 Å². The number of carbonyl (C=O) groups is 1. The van der Waals surface area contributed by atoms with E-state index in [2.05, 4.69) is 5.32 Å². The summed E-state index contributed by atoms with van der Waals surface area (Å²) in [5.41, 5.74) is 6.95. The number of rotatable bonds is 6. The Bertz CT molecular complexity index is 694. The Labute approximate surface area is 143 Å². The number of carbonyl (C=O) groups excluding carboxylic acids is 1. The highest BCUT2D eigenvalue weighted by Crippen LogP contribution is 2.27. The molecule has 0 saturated heterocycles. The van der Waals surface area contributed by atoms with Crippen LogP contribution in [-0.4, -0.2) is 12.0 Å². The SMILES string of the molecule is CC(N)(C(=O)NCc1ccccc1OC1CCC1)c1ccccc1. The first-order valence-electron chi connectivity index (χ1n) is 8.44. The molecule has 0 heterocycles. The second-order valence-electron chi connectivity index (χ2n) is 6.53. The van der Waals surface area contributed by atoms with Crippen LogP contribution in [0, 0.1) is 0 Å². The number of ether oxygens (including phenoxy) is 1. The van der Waals surface area contributed by atoms with Crippen LogP contribution in [0.1, 0.15) is 37.3 Å². The van der Waals surface area contributed by atoms with Gasteiger partial charge in [0.25, 0.3) is 0 Å². The predicted octanol–water partition coefficient (Wildman–Crippen LogP) is 3.11. The molecule has 2 aromatic rings. The third-order valence-electron chi connectivity index (χ3n) is 4.60. The van der Waals surface area contributed by atoms with E-state index < -0.39 is 5.54 Å². The van der Waals surface area contributed by atoms with Gasteiger partial charge in [-0.05, 0) is 37.8 Å². The highest BCUT2D eigenvalue weighted by Gasteiger charge is 2.30. The van der Waals surface area contributed by atoms with Crippen molar-refractivity contribution in [3.63, 3.8) is 0 Å². The zero-order valence-electron chi connectivity index (χ0n) is 14.0. The third kappa shape index (κ3) is 3.60. The van der Waals surface area contributed by atoms with Gasteiger partial charge in [-0.15, -0.1) is 0 Å². The summed E-state index contributed by atoms with van der Waals surface area (Å²) in [7, 11) is 0. The first-order valence-corrected chi connectivity index (χ1v) is 8.44. The Balaban J connectivity index is 1.66. The van der Waals surface area contributed by atoms with Crippen molar-refractivity contribution in [2.75, 3.05) is 0 Å². The molecule has 1 amide bonds. The van der Waals surface area contributed by atoms with Crippen molar-refractivity contribution < 1.29 is 9.53 Å². The van der Waals surface area contributed by atoms with Crippen LogP contribution in [-0.2, 0) is 16.9 Å². The molecule has 0 aliphatic heterocycles. The van der Waals surface area contributed by atoms with Crippen molar-refractivity contribution in [2.45, 2.75) is 44.4 Å². The Morgan fingerprint density at radius 3 is 2.50 bits per heavy atom. The molecule has 3 N–H and O–H groups in total. The average molecular weight is 324 g/mol. The molecule has 0 spiro atoms. The van der Waals surface area contributed by atoms with Crippen LogP contribution >= 0.6 is 0 Å². The molecule has 1 unspecified atom stereocenters. The molecule has 1 saturated carbocycles. The maximum absolute atomic E-state index is 12.6. The maximum Gasteiger partial charge on any atom is 0.244 e. The number of nitrogens with one attached hydrogen (secondary N) is 1. The lowest BCUT2D eigenvalue weighted by Gasteiger charge is -2.28. The largest absolute Gasteiger partial charge is 0.490 e. The summed E-state index contributed by atoms with van der Waals surface area (Å²) >= 11 is 0. The molecular formula is C20H24N2O2. The number of nitrogens with two attached hydrogens (primary N) is 1. The van der Waals surface area contributed by atoms with Gasteiger partial charge >= 0.3 is 0 Å². The van der Waals surface area contributed by atoms with E-state index in [0.717, 1.165) is 29.7 Å². The minimum absolute atomic E-state index is 0.202. The van der Waals surface area contributed by atoms with Gasteiger partial charge in [0.1, 0.15) is 11.3 Å². The number of hydrogen-bond acceptors (Lipinski definition) is 3. The quantitative estimate of drug-likeness (QED) is 0.858. The fourth-order valence-corrected chi connectivity index (χ4v) is 2.71. The van der Waals surface area contributed by atoms with E-state index in [9.17, 15) is 4.79 Å². The monoisotopic (exact) mass is 324 g/mol. The predicted molar refractivity (Wildman–Crippen MR) is 94.5 cm³/mol. The Kier molecular flexibility index (Phi) is 4.86. The molecule has 24 heavy (non-hydrogen) atoms. The second kappa shape index (κ2) is 7.05. The second-order valence-corrected chi connectivity index (χ2v) is 6.53. The Morgan fingerprint density at radius 2 is 1.83 bits per heavy atom. The molecule has 3 rings (SSSR count). The van der Waals surface area contributed by atoms with Gasteiger partial charge in [0, 0.05) is 12.1 Å². The molecule has 1 aliphatic carbocycles. The molecule has 1 atom stereocenters. The highest BCUT2D eigenvalue weighted by atomic mass is 16.5. The van der Waals surface area contributed by atoms with E-state index in [1.54, 1.807) is 6.92 Å². The minimum atomic E-state index is -1.06. The van der Waals surface area contributed by atoms with Crippen LogP contribution in [0.3, 0.4) is 0 Å². The standard InChI is InChI=1S/C20H24N2O2/c1-20(21,16-9-3-2-4-10-16)19(23)22-14-15-8-5-6-13-18(15)24-17-11-7-12-17/h2-6,8-10,13,17H,7,11-12,14,21H2,1H3,(H,22,23). The van der Waals surface area contributed by atoms with Gasteiger partial charge in [0.15, 0.2) is 0 Å². The van der Waals surface area contributed by atoms with Crippen LogP contribution in [0.15, 0.2) is 54.6 Å². The maximum atomic E-state index is 12.6. The van der Waals surface area contributed by atoms with Crippen molar-refractivity contribution in [1.82, 2.24) is 5.32 Å². The highest BCUT2D eigenvalue weighted by molar-refractivity contribution is 5.87. The van der Waals surface area contributed by atoms with Crippen LogP contribution in [0.4, 0.5) is 0 Å². The van der Waals surface area contributed by atoms with Crippen molar-refractivity contribution in [1.29, 1.82) is 0 Å². The molecule has 0 bridgehead atoms. The van der Waals surface area contributed by atoms with E-state index in [-0.39, 0.29) is 5.91 Å². The van der Waals surface area contributed by atoms with Crippen molar-refractivity contribution in [3.05, 3.63) is 65.7 Å². The molecule has 0 aromatic heterocycles.